The predicted molar refractivity (Wildman–Crippen MR) is 83.6 cm³/mol. The van der Waals surface area contributed by atoms with Gasteiger partial charge < -0.3 is 10.6 Å². The number of rotatable bonds is 6. The number of anilines is 2. The summed E-state index contributed by atoms with van der Waals surface area (Å²) in [5, 5.41) is 10.2. The normalized spacial score (nSPS) is 10.7. The van der Waals surface area contributed by atoms with E-state index in [0.717, 1.165) is 18.7 Å². The number of hydrogen-bond acceptors (Lipinski definition) is 4. The van der Waals surface area contributed by atoms with Crippen LogP contribution in [0.2, 0.25) is 0 Å². The van der Waals surface area contributed by atoms with Crippen molar-refractivity contribution in [3.05, 3.63) is 36.4 Å². The molecule has 2 aromatic heterocycles. The molecule has 0 spiro atoms. The summed E-state index contributed by atoms with van der Waals surface area (Å²) in [5.41, 5.74) is 1.95. The fourth-order valence-corrected chi connectivity index (χ4v) is 1.81. The average Bonchev–Trinajstić information content (AvgIpc) is 2.94. The number of amides is 1. The molecule has 6 heteroatoms. The maximum Gasteiger partial charge on any atom is 0.274 e. The van der Waals surface area contributed by atoms with E-state index in [4.69, 9.17) is 0 Å². The molecule has 2 N–H and O–H groups in total. The van der Waals surface area contributed by atoms with E-state index in [9.17, 15) is 4.79 Å². The van der Waals surface area contributed by atoms with Crippen LogP contribution in [0.15, 0.2) is 30.7 Å². The van der Waals surface area contributed by atoms with Gasteiger partial charge in [0.2, 0.25) is 0 Å². The van der Waals surface area contributed by atoms with Crippen LogP contribution in [0.4, 0.5) is 11.4 Å². The minimum Gasteiger partial charge on any atom is -0.385 e. The number of pyridine rings is 1. The topological polar surface area (TPSA) is 71.8 Å². The lowest BCUT2D eigenvalue weighted by atomic mass is 10.3. The fourth-order valence-electron chi connectivity index (χ4n) is 1.81. The zero-order valence-electron chi connectivity index (χ0n) is 12.6. The van der Waals surface area contributed by atoms with Gasteiger partial charge >= 0.3 is 0 Å². The van der Waals surface area contributed by atoms with Crippen molar-refractivity contribution in [2.45, 2.75) is 33.2 Å². The molecule has 0 atom stereocenters. The molecule has 0 aliphatic rings. The Balaban J connectivity index is 2.05. The molecule has 2 heterocycles. The van der Waals surface area contributed by atoms with Crippen molar-refractivity contribution >= 4 is 17.3 Å². The number of nitrogens with one attached hydrogen (secondary N) is 2. The second-order valence-electron chi connectivity index (χ2n) is 5.11. The van der Waals surface area contributed by atoms with E-state index in [1.807, 2.05) is 26.1 Å². The minimum atomic E-state index is -0.238. The van der Waals surface area contributed by atoms with Gasteiger partial charge in [0, 0.05) is 30.7 Å². The van der Waals surface area contributed by atoms with E-state index in [-0.39, 0.29) is 11.9 Å². The van der Waals surface area contributed by atoms with Gasteiger partial charge in [-0.15, -0.1) is 0 Å². The number of nitrogens with zero attached hydrogens (tertiary/aromatic N) is 3. The summed E-state index contributed by atoms with van der Waals surface area (Å²) < 4.78 is 1.79. The van der Waals surface area contributed by atoms with Crippen LogP contribution in [0.25, 0.3) is 0 Å². The zero-order chi connectivity index (χ0) is 15.2. The predicted octanol–water partition coefficient (Wildman–Crippen LogP) is 2.93. The summed E-state index contributed by atoms with van der Waals surface area (Å²) in [6.07, 6.45) is 6.10. The third-order valence-electron chi connectivity index (χ3n) is 2.96. The summed E-state index contributed by atoms with van der Waals surface area (Å²) in [5.74, 6) is -0.238. The van der Waals surface area contributed by atoms with E-state index in [1.54, 1.807) is 23.1 Å². The van der Waals surface area contributed by atoms with Crippen LogP contribution in [0.1, 0.15) is 43.7 Å². The minimum absolute atomic E-state index is 0.238. The lowest BCUT2D eigenvalue weighted by molar-refractivity contribution is 0.102. The van der Waals surface area contributed by atoms with Gasteiger partial charge in [-0.3, -0.25) is 14.5 Å². The summed E-state index contributed by atoms with van der Waals surface area (Å²) in [6, 6.07) is 3.86. The molecule has 0 unspecified atom stereocenters. The third-order valence-corrected chi connectivity index (χ3v) is 2.96. The molecule has 0 aromatic carbocycles. The summed E-state index contributed by atoms with van der Waals surface area (Å²) in [4.78, 5) is 16.3. The highest BCUT2D eigenvalue weighted by Gasteiger charge is 2.10. The molecular formula is C15H21N5O. The van der Waals surface area contributed by atoms with Gasteiger partial charge in [0.05, 0.1) is 11.9 Å². The van der Waals surface area contributed by atoms with Gasteiger partial charge in [-0.2, -0.15) is 5.10 Å². The van der Waals surface area contributed by atoms with Crippen molar-refractivity contribution < 1.29 is 4.79 Å². The standard InChI is InChI=1S/C15H21N5O/c1-4-6-16-12-5-7-17-14(8-12)15(21)19-13-9-18-20(10-13)11(2)3/h5,7-11H,4,6H2,1-3H3,(H,16,17)(H,19,21). The van der Waals surface area contributed by atoms with Crippen LogP contribution in [-0.4, -0.2) is 27.2 Å². The van der Waals surface area contributed by atoms with Gasteiger partial charge in [0.25, 0.3) is 5.91 Å². The molecule has 0 saturated heterocycles. The number of carbonyl (C=O) groups is 1. The Bertz CT molecular complexity index is 606. The first-order valence-electron chi connectivity index (χ1n) is 7.15. The molecule has 0 saturated carbocycles. The number of hydrogen-bond donors (Lipinski definition) is 2. The monoisotopic (exact) mass is 287 g/mol. The van der Waals surface area contributed by atoms with Crippen LogP contribution in [-0.2, 0) is 0 Å². The Morgan fingerprint density at radius 1 is 1.38 bits per heavy atom. The molecule has 2 rings (SSSR count). The van der Waals surface area contributed by atoms with Crippen LogP contribution < -0.4 is 10.6 Å². The molecule has 2 aromatic rings. The molecule has 6 nitrogen and oxygen atoms in total. The van der Waals surface area contributed by atoms with E-state index in [0.29, 0.717) is 11.4 Å². The van der Waals surface area contributed by atoms with Crippen LogP contribution >= 0.6 is 0 Å². The molecular weight excluding hydrogens is 266 g/mol. The molecule has 112 valence electrons. The van der Waals surface area contributed by atoms with Crippen molar-refractivity contribution in [1.82, 2.24) is 14.8 Å². The Hall–Kier alpha value is -2.37. The molecule has 0 radical (unpaired) electrons. The summed E-state index contributed by atoms with van der Waals surface area (Å²) in [6.45, 7) is 7.02. The quantitative estimate of drug-likeness (QED) is 0.857. The average molecular weight is 287 g/mol. The summed E-state index contributed by atoms with van der Waals surface area (Å²) >= 11 is 0. The molecule has 1 amide bonds. The Labute approximate surface area is 124 Å². The fraction of sp³-hybridized carbons (Fsp3) is 0.400. The molecule has 0 aliphatic heterocycles. The Kier molecular flexibility index (Phi) is 4.92. The van der Waals surface area contributed by atoms with Crippen molar-refractivity contribution in [2.75, 3.05) is 17.2 Å². The largest absolute Gasteiger partial charge is 0.385 e. The van der Waals surface area contributed by atoms with Crippen LogP contribution in [0.5, 0.6) is 0 Å². The van der Waals surface area contributed by atoms with Gasteiger partial charge in [0.15, 0.2) is 0 Å². The van der Waals surface area contributed by atoms with Crippen molar-refractivity contribution in [2.24, 2.45) is 0 Å². The molecule has 21 heavy (non-hydrogen) atoms. The van der Waals surface area contributed by atoms with E-state index < -0.39 is 0 Å². The molecule has 0 aliphatic carbocycles. The molecule has 0 fully saturated rings. The highest BCUT2D eigenvalue weighted by atomic mass is 16.1. The highest BCUT2D eigenvalue weighted by Crippen LogP contribution is 2.13. The molecule has 0 bridgehead atoms. The SMILES string of the molecule is CCCNc1ccnc(C(=O)Nc2cnn(C(C)C)c2)c1. The first-order chi connectivity index (χ1) is 10.1. The maximum absolute atomic E-state index is 12.2. The number of carbonyl (C=O) groups excluding carboxylic acids is 1. The lowest BCUT2D eigenvalue weighted by Crippen LogP contribution is -2.14. The second-order valence-corrected chi connectivity index (χ2v) is 5.11. The van der Waals surface area contributed by atoms with Gasteiger partial charge in [-0.25, -0.2) is 0 Å². The van der Waals surface area contributed by atoms with Crippen LogP contribution in [0, 0.1) is 0 Å². The smallest absolute Gasteiger partial charge is 0.274 e. The number of aromatic nitrogens is 3. The van der Waals surface area contributed by atoms with E-state index in [2.05, 4.69) is 27.6 Å². The lowest BCUT2D eigenvalue weighted by Gasteiger charge is -2.07. The van der Waals surface area contributed by atoms with Crippen molar-refractivity contribution in [3.8, 4) is 0 Å². The van der Waals surface area contributed by atoms with Crippen LogP contribution in [0.3, 0.4) is 0 Å². The van der Waals surface area contributed by atoms with E-state index >= 15 is 0 Å². The van der Waals surface area contributed by atoms with E-state index in [1.165, 1.54) is 0 Å². The van der Waals surface area contributed by atoms with Gasteiger partial charge in [-0.1, -0.05) is 6.92 Å². The first-order valence-corrected chi connectivity index (χ1v) is 7.15. The van der Waals surface area contributed by atoms with Gasteiger partial charge in [-0.05, 0) is 32.4 Å². The first kappa shape index (κ1) is 15.0. The zero-order valence-corrected chi connectivity index (χ0v) is 12.6. The second kappa shape index (κ2) is 6.88. The third kappa shape index (κ3) is 4.05. The Morgan fingerprint density at radius 2 is 2.19 bits per heavy atom. The Morgan fingerprint density at radius 3 is 2.86 bits per heavy atom. The van der Waals surface area contributed by atoms with Crippen molar-refractivity contribution in [1.29, 1.82) is 0 Å². The summed E-state index contributed by atoms with van der Waals surface area (Å²) in [7, 11) is 0. The van der Waals surface area contributed by atoms with Gasteiger partial charge in [0.1, 0.15) is 5.69 Å². The maximum atomic E-state index is 12.2. The van der Waals surface area contributed by atoms with Crippen molar-refractivity contribution in [3.63, 3.8) is 0 Å². The highest BCUT2D eigenvalue weighted by molar-refractivity contribution is 6.03.